The molecule has 0 aliphatic rings. The van der Waals surface area contributed by atoms with E-state index in [-0.39, 0.29) is 22.3 Å². The number of carbonyl (C=O) groups is 1. The van der Waals surface area contributed by atoms with Crippen LogP contribution in [0.1, 0.15) is 41.5 Å². The van der Waals surface area contributed by atoms with E-state index < -0.39 is 42.2 Å². The Morgan fingerprint density at radius 3 is 1.98 bits per heavy atom. The number of hydrogen-bond acceptors (Lipinski definition) is 6. The van der Waals surface area contributed by atoms with Crippen molar-refractivity contribution in [3.63, 3.8) is 0 Å². The molecule has 0 aliphatic carbocycles. The third-order valence-electron chi connectivity index (χ3n) is 6.71. The molecule has 2 N–H and O–H groups in total. The van der Waals surface area contributed by atoms with E-state index >= 15 is 0 Å². The number of aromatic amines is 1. The van der Waals surface area contributed by atoms with E-state index in [1.54, 1.807) is 20.8 Å². The van der Waals surface area contributed by atoms with E-state index in [4.69, 9.17) is 4.43 Å². The molecule has 1 amide bonds. The van der Waals surface area contributed by atoms with E-state index in [1.165, 1.54) is 17.2 Å². The summed E-state index contributed by atoms with van der Waals surface area (Å²) in [5, 5.41) is 23.7. The minimum atomic E-state index is -2.99. The number of benzene rings is 2. The van der Waals surface area contributed by atoms with Gasteiger partial charge in [-0.2, -0.15) is 0 Å². The normalized spacial score (nSPS) is 13.1. The Hall–Kier alpha value is -3.41. The highest BCUT2D eigenvalue weighted by Gasteiger charge is 2.51. The van der Waals surface area contributed by atoms with E-state index in [1.807, 2.05) is 36.4 Å². The molecule has 9 nitrogen and oxygen atoms in total. The SMILES string of the molecule is CC(C)(C)N(C(=O)O)[C@H](CO[Si](c1ccccc1)(c1ccccc1)C(C)(C)C)CSc1cc[nH]c(=O)c1[N+](=O)[O-]. The van der Waals surface area contributed by atoms with E-state index in [9.17, 15) is 24.8 Å². The lowest BCUT2D eigenvalue weighted by Gasteiger charge is -2.46. The summed E-state index contributed by atoms with van der Waals surface area (Å²) >= 11 is 1.08. The molecule has 1 atom stereocenters. The highest BCUT2D eigenvalue weighted by Crippen LogP contribution is 2.38. The van der Waals surface area contributed by atoms with Crippen molar-refractivity contribution < 1.29 is 19.3 Å². The first-order chi connectivity index (χ1) is 18.7. The molecule has 11 heteroatoms. The number of nitro groups is 1. The standard InChI is InChI=1S/C29H37N3O6SSi/c1-28(2,3)31(27(34)35)21(20-39-24-17-18-30-26(33)25(24)32(36)37)19-38-40(29(4,5)6,22-13-9-7-10-14-22)23-15-11-8-12-16-23/h7-18,21H,19-20H2,1-6H3,(H,30,33)(H,34,35)/t21-/m1/s1. The van der Waals surface area contributed by atoms with Gasteiger partial charge in [0.1, 0.15) is 0 Å². The molecule has 1 heterocycles. The fourth-order valence-corrected chi connectivity index (χ4v) is 10.8. The number of nitrogens with one attached hydrogen (secondary N) is 1. The summed E-state index contributed by atoms with van der Waals surface area (Å²) in [5.74, 6) is 0.145. The molecule has 0 unspecified atom stereocenters. The first kappa shape index (κ1) is 31.1. The summed E-state index contributed by atoms with van der Waals surface area (Å²) in [5.41, 5.74) is -2.15. The Labute approximate surface area is 239 Å². The van der Waals surface area contributed by atoms with Crippen LogP contribution in [0.4, 0.5) is 10.5 Å². The van der Waals surface area contributed by atoms with Gasteiger partial charge in [-0.3, -0.25) is 19.8 Å². The van der Waals surface area contributed by atoms with Crippen molar-refractivity contribution in [2.45, 2.75) is 63.1 Å². The van der Waals surface area contributed by atoms with Crippen LogP contribution in [0.5, 0.6) is 0 Å². The Morgan fingerprint density at radius 1 is 1.02 bits per heavy atom. The van der Waals surface area contributed by atoms with Crippen molar-refractivity contribution in [2.24, 2.45) is 0 Å². The van der Waals surface area contributed by atoms with Crippen molar-refractivity contribution in [3.05, 3.63) is 93.4 Å². The van der Waals surface area contributed by atoms with Crippen LogP contribution in [0.2, 0.25) is 5.04 Å². The largest absolute Gasteiger partial charge is 0.465 e. The molecular weight excluding hydrogens is 546 g/mol. The van der Waals surface area contributed by atoms with Crippen molar-refractivity contribution in [1.29, 1.82) is 0 Å². The second-order valence-corrected chi connectivity index (χ2v) is 16.9. The molecule has 0 saturated carbocycles. The molecule has 40 heavy (non-hydrogen) atoms. The molecule has 0 saturated heterocycles. The lowest BCUT2D eigenvalue weighted by molar-refractivity contribution is -0.389. The average molecular weight is 584 g/mol. The average Bonchev–Trinajstić information content (AvgIpc) is 2.86. The first-order valence-corrected chi connectivity index (χ1v) is 15.9. The van der Waals surface area contributed by atoms with Gasteiger partial charge < -0.3 is 14.5 Å². The molecule has 0 aliphatic heterocycles. The van der Waals surface area contributed by atoms with Gasteiger partial charge in [-0.25, -0.2) is 4.79 Å². The van der Waals surface area contributed by atoms with Crippen LogP contribution in [0.3, 0.4) is 0 Å². The number of hydrogen-bond donors (Lipinski definition) is 2. The van der Waals surface area contributed by atoms with Gasteiger partial charge in [0, 0.05) is 17.5 Å². The molecular formula is C29H37N3O6SSi. The summed E-state index contributed by atoms with van der Waals surface area (Å²) < 4.78 is 7.06. The zero-order valence-corrected chi connectivity index (χ0v) is 25.5. The molecule has 1 aromatic heterocycles. The zero-order chi connectivity index (χ0) is 29.7. The maximum Gasteiger partial charge on any atom is 0.408 e. The monoisotopic (exact) mass is 583 g/mol. The second-order valence-electron chi connectivity index (χ2n) is 11.5. The van der Waals surface area contributed by atoms with E-state index in [0.717, 1.165) is 22.1 Å². The van der Waals surface area contributed by atoms with Crippen LogP contribution in [0.25, 0.3) is 0 Å². The molecule has 3 aromatic rings. The lowest BCUT2D eigenvalue weighted by atomic mass is 10.0. The van der Waals surface area contributed by atoms with E-state index in [0.29, 0.717) is 0 Å². The number of amides is 1. The lowest BCUT2D eigenvalue weighted by Crippen LogP contribution is -2.68. The van der Waals surface area contributed by atoms with Crippen molar-refractivity contribution in [1.82, 2.24) is 9.88 Å². The van der Waals surface area contributed by atoms with Crippen LogP contribution in [-0.2, 0) is 4.43 Å². The summed E-state index contributed by atoms with van der Waals surface area (Å²) in [7, 11) is -2.99. The quantitative estimate of drug-likeness (QED) is 0.147. The number of aromatic nitrogens is 1. The predicted octanol–water partition coefficient (Wildman–Crippen LogP) is 5.10. The number of carboxylic acid groups (broad SMARTS) is 1. The molecule has 0 radical (unpaired) electrons. The van der Waals surface area contributed by atoms with Gasteiger partial charge in [0.05, 0.1) is 22.5 Å². The number of thioether (sulfide) groups is 1. The summed E-state index contributed by atoms with van der Waals surface area (Å²) in [6.07, 6.45) is 0.231. The summed E-state index contributed by atoms with van der Waals surface area (Å²) in [6.45, 7) is 11.9. The van der Waals surface area contributed by atoms with Crippen LogP contribution in [-0.4, -0.2) is 58.3 Å². The second kappa shape index (κ2) is 12.4. The van der Waals surface area contributed by atoms with Gasteiger partial charge in [-0.15, -0.1) is 11.8 Å². The minimum Gasteiger partial charge on any atom is -0.465 e. The summed E-state index contributed by atoms with van der Waals surface area (Å²) in [4.78, 5) is 39.5. The van der Waals surface area contributed by atoms with Crippen molar-refractivity contribution in [2.75, 3.05) is 12.4 Å². The first-order valence-electron chi connectivity index (χ1n) is 13.0. The minimum absolute atomic E-state index is 0.0564. The topological polar surface area (TPSA) is 126 Å². The number of pyridine rings is 1. The maximum absolute atomic E-state index is 12.6. The van der Waals surface area contributed by atoms with Gasteiger partial charge in [0.25, 0.3) is 8.32 Å². The van der Waals surface area contributed by atoms with Gasteiger partial charge >= 0.3 is 17.3 Å². The Balaban J connectivity index is 2.10. The van der Waals surface area contributed by atoms with E-state index in [2.05, 4.69) is 50.0 Å². The highest BCUT2D eigenvalue weighted by molar-refractivity contribution is 7.99. The number of rotatable bonds is 10. The van der Waals surface area contributed by atoms with Gasteiger partial charge in [-0.1, -0.05) is 81.4 Å². The fraction of sp³-hybridized carbons (Fsp3) is 0.379. The molecule has 0 fully saturated rings. The van der Waals surface area contributed by atoms with Gasteiger partial charge in [-0.05, 0) is 42.2 Å². The van der Waals surface area contributed by atoms with Crippen LogP contribution in [0.15, 0.2) is 82.6 Å². The molecule has 2 aromatic carbocycles. The Morgan fingerprint density at radius 2 is 1.55 bits per heavy atom. The molecule has 3 rings (SSSR count). The number of nitrogens with zero attached hydrogens (tertiary/aromatic N) is 2. The Bertz CT molecular complexity index is 1330. The van der Waals surface area contributed by atoms with Gasteiger partial charge in [0.2, 0.25) is 0 Å². The molecule has 214 valence electrons. The highest BCUT2D eigenvalue weighted by atomic mass is 32.2. The smallest absolute Gasteiger partial charge is 0.408 e. The van der Waals surface area contributed by atoms with Crippen molar-refractivity contribution in [3.8, 4) is 0 Å². The third-order valence-corrected chi connectivity index (χ3v) is 12.9. The zero-order valence-electron chi connectivity index (χ0n) is 23.7. The summed E-state index contributed by atoms with van der Waals surface area (Å²) in [6, 6.07) is 20.9. The third kappa shape index (κ3) is 6.65. The fourth-order valence-electron chi connectivity index (χ4n) is 5.10. The van der Waals surface area contributed by atoms with Crippen LogP contribution in [0, 0.1) is 10.1 Å². The molecule has 0 spiro atoms. The van der Waals surface area contributed by atoms with Crippen LogP contribution < -0.4 is 15.9 Å². The van der Waals surface area contributed by atoms with Gasteiger partial charge in [0.15, 0.2) is 0 Å². The molecule has 0 bridgehead atoms. The van der Waals surface area contributed by atoms with Crippen LogP contribution >= 0.6 is 11.8 Å². The Kier molecular flexibility index (Phi) is 9.65. The predicted molar refractivity (Wildman–Crippen MR) is 161 cm³/mol. The van der Waals surface area contributed by atoms with Crippen molar-refractivity contribution >= 4 is 42.2 Å². The number of H-pyrrole nitrogens is 1. The maximum atomic E-state index is 12.6.